The van der Waals surface area contributed by atoms with Gasteiger partial charge in [-0.1, -0.05) is 0 Å². The van der Waals surface area contributed by atoms with Crippen molar-refractivity contribution >= 4 is 11.9 Å². The summed E-state index contributed by atoms with van der Waals surface area (Å²) >= 11 is 0. The Bertz CT molecular complexity index is 382. The summed E-state index contributed by atoms with van der Waals surface area (Å²) in [6, 6.07) is 0.238. The molecule has 1 aromatic rings. The molecule has 19 heavy (non-hydrogen) atoms. The first-order chi connectivity index (χ1) is 9.06. The lowest BCUT2D eigenvalue weighted by molar-refractivity contribution is 0.0531. The van der Waals surface area contributed by atoms with Gasteiger partial charge in [-0.15, -0.1) is 0 Å². The maximum Gasteiger partial charge on any atom is 0.323 e. The van der Waals surface area contributed by atoms with E-state index in [0.717, 1.165) is 13.1 Å². The maximum absolute atomic E-state index is 5.66. The highest BCUT2D eigenvalue weighted by atomic mass is 16.5. The van der Waals surface area contributed by atoms with E-state index in [9.17, 15) is 0 Å². The van der Waals surface area contributed by atoms with Crippen molar-refractivity contribution in [2.24, 2.45) is 0 Å². The third kappa shape index (κ3) is 5.25. The number of nitrogen functional groups attached to an aromatic ring is 1. The standard InChI is InChI=1S/C12H23N5O2/c1-5-17(6-2)11-14-10(13)15-12(16-11)19-8-7-18-9(3)4/h9H,5-8H2,1-4H3,(H2,13,14,15,16). The number of hydrogen-bond donors (Lipinski definition) is 1. The molecule has 7 heteroatoms. The molecule has 1 heterocycles. The van der Waals surface area contributed by atoms with Crippen LogP contribution in [0, 0.1) is 0 Å². The van der Waals surface area contributed by atoms with Crippen molar-refractivity contribution in [3.8, 4) is 6.01 Å². The third-order valence-electron chi connectivity index (χ3n) is 2.43. The summed E-state index contributed by atoms with van der Waals surface area (Å²) in [4.78, 5) is 14.3. The van der Waals surface area contributed by atoms with Crippen molar-refractivity contribution < 1.29 is 9.47 Å². The zero-order valence-electron chi connectivity index (χ0n) is 12.1. The van der Waals surface area contributed by atoms with Gasteiger partial charge >= 0.3 is 6.01 Å². The summed E-state index contributed by atoms with van der Waals surface area (Å²) in [5, 5.41) is 0. The van der Waals surface area contributed by atoms with Gasteiger partial charge in [0.05, 0.1) is 12.7 Å². The van der Waals surface area contributed by atoms with Gasteiger partial charge in [-0.05, 0) is 27.7 Å². The molecular weight excluding hydrogens is 246 g/mol. The predicted molar refractivity (Wildman–Crippen MR) is 74.4 cm³/mol. The second kappa shape index (κ2) is 7.73. The second-order valence-corrected chi connectivity index (χ2v) is 4.22. The molecule has 0 saturated carbocycles. The van der Waals surface area contributed by atoms with Crippen LogP contribution in [0.2, 0.25) is 0 Å². The van der Waals surface area contributed by atoms with Crippen LogP contribution in [0.4, 0.5) is 11.9 Å². The number of hydrogen-bond acceptors (Lipinski definition) is 7. The number of ether oxygens (including phenoxy) is 2. The van der Waals surface area contributed by atoms with E-state index in [1.165, 1.54) is 0 Å². The molecule has 108 valence electrons. The number of nitrogens with zero attached hydrogens (tertiary/aromatic N) is 4. The molecule has 0 atom stereocenters. The minimum Gasteiger partial charge on any atom is -0.461 e. The Morgan fingerprint density at radius 2 is 1.79 bits per heavy atom. The van der Waals surface area contributed by atoms with Crippen molar-refractivity contribution in [3.63, 3.8) is 0 Å². The minimum absolute atomic E-state index is 0.164. The quantitative estimate of drug-likeness (QED) is 0.707. The van der Waals surface area contributed by atoms with Gasteiger partial charge in [0, 0.05) is 13.1 Å². The van der Waals surface area contributed by atoms with Gasteiger partial charge in [0.25, 0.3) is 0 Å². The largest absolute Gasteiger partial charge is 0.461 e. The fraction of sp³-hybridized carbons (Fsp3) is 0.750. The highest BCUT2D eigenvalue weighted by Gasteiger charge is 2.10. The van der Waals surface area contributed by atoms with Crippen molar-refractivity contribution in [1.29, 1.82) is 0 Å². The summed E-state index contributed by atoms with van der Waals surface area (Å²) in [6.45, 7) is 10.5. The monoisotopic (exact) mass is 269 g/mol. The lowest BCUT2D eigenvalue weighted by Gasteiger charge is -2.18. The van der Waals surface area contributed by atoms with E-state index < -0.39 is 0 Å². The van der Waals surface area contributed by atoms with Crippen LogP contribution in [0.5, 0.6) is 6.01 Å². The molecule has 7 nitrogen and oxygen atoms in total. The number of nitrogens with two attached hydrogens (primary N) is 1. The zero-order valence-corrected chi connectivity index (χ0v) is 12.1. The van der Waals surface area contributed by atoms with Gasteiger partial charge in [-0.3, -0.25) is 0 Å². The van der Waals surface area contributed by atoms with Crippen molar-refractivity contribution in [2.75, 3.05) is 36.9 Å². The summed E-state index contributed by atoms with van der Waals surface area (Å²) in [5.41, 5.74) is 5.66. The van der Waals surface area contributed by atoms with E-state index in [1.807, 2.05) is 32.6 Å². The van der Waals surface area contributed by atoms with Crippen LogP contribution in [-0.2, 0) is 4.74 Å². The van der Waals surface area contributed by atoms with E-state index in [1.54, 1.807) is 0 Å². The number of rotatable bonds is 8. The van der Waals surface area contributed by atoms with Crippen molar-refractivity contribution in [1.82, 2.24) is 15.0 Å². The van der Waals surface area contributed by atoms with Gasteiger partial charge in [-0.25, -0.2) is 0 Å². The van der Waals surface area contributed by atoms with Crippen LogP contribution >= 0.6 is 0 Å². The summed E-state index contributed by atoms with van der Waals surface area (Å²) in [6.07, 6.45) is 0.179. The fourth-order valence-corrected chi connectivity index (χ4v) is 1.49. The Kier molecular flexibility index (Phi) is 6.27. The molecular formula is C12H23N5O2. The molecule has 0 aromatic carbocycles. The van der Waals surface area contributed by atoms with Crippen LogP contribution in [0.15, 0.2) is 0 Å². The van der Waals surface area contributed by atoms with Crippen LogP contribution in [0.25, 0.3) is 0 Å². The highest BCUT2D eigenvalue weighted by molar-refractivity contribution is 5.35. The summed E-state index contributed by atoms with van der Waals surface area (Å²) in [5.74, 6) is 0.703. The number of aromatic nitrogens is 3. The SMILES string of the molecule is CCN(CC)c1nc(N)nc(OCCOC(C)C)n1. The van der Waals surface area contributed by atoms with Gasteiger partial charge in [0.2, 0.25) is 11.9 Å². The van der Waals surface area contributed by atoms with E-state index in [4.69, 9.17) is 15.2 Å². The molecule has 0 aliphatic carbocycles. The topological polar surface area (TPSA) is 86.4 Å². The first-order valence-corrected chi connectivity index (χ1v) is 6.57. The lowest BCUT2D eigenvalue weighted by atomic mass is 10.5. The molecule has 0 bridgehead atoms. The van der Waals surface area contributed by atoms with E-state index in [-0.39, 0.29) is 18.1 Å². The van der Waals surface area contributed by atoms with Crippen LogP contribution in [0.1, 0.15) is 27.7 Å². The van der Waals surface area contributed by atoms with Gasteiger partial charge < -0.3 is 20.1 Å². The Hall–Kier alpha value is -1.63. The zero-order chi connectivity index (χ0) is 14.3. The molecule has 0 aliphatic heterocycles. The molecule has 1 rings (SSSR count). The predicted octanol–water partition coefficient (Wildman–Crippen LogP) is 1.10. The van der Waals surface area contributed by atoms with Crippen molar-refractivity contribution in [3.05, 3.63) is 0 Å². The highest BCUT2D eigenvalue weighted by Crippen LogP contribution is 2.12. The molecule has 0 spiro atoms. The Labute approximate surface area is 114 Å². The first-order valence-electron chi connectivity index (χ1n) is 6.57. The Morgan fingerprint density at radius 1 is 1.11 bits per heavy atom. The molecule has 0 unspecified atom stereocenters. The van der Waals surface area contributed by atoms with E-state index in [0.29, 0.717) is 19.2 Å². The average Bonchev–Trinajstić information content (AvgIpc) is 2.35. The Morgan fingerprint density at radius 3 is 2.37 bits per heavy atom. The molecule has 0 amide bonds. The molecule has 0 radical (unpaired) electrons. The fourth-order valence-electron chi connectivity index (χ4n) is 1.49. The normalized spacial score (nSPS) is 10.8. The first kappa shape index (κ1) is 15.4. The average molecular weight is 269 g/mol. The van der Waals surface area contributed by atoms with Crippen LogP contribution in [0.3, 0.4) is 0 Å². The van der Waals surface area contributed by atoms with Gasteiger partial charge in [0.15, 0.2) is 0 Å². The molecule has 0 saturated heterocycles. The molecule has 0 aliphatic rings. The lowest BCUT2D eigenvalue weighted by Crippen LogP contribution is -2.25. The van der Waals surface area contributed by atoms with E-state index >= 15 is 0 Å². The van der Waals surface area contributed by atoms with Gasteiger partial charge in [0.1, 0.15) is 6.61 Å². The van der Waals surface area contributed by atoms with Gasteiger partial charge in [-0.2, -0.15) is 15.0 Å². The van der Waals surface area contributed by atoms with Crippen molar-refractivity contribution in [2.45, 2.75) is 33.8 Å². The molecule has 1 aromatic heterocycles. The maximum atomic E-state index is 5.66. The minimum atomic E-state index is 0.164. The summed E-state index contributed by atoms with van der Waals surface area (Å²) < 4.78 is 10.8. The third-order valence-corrected chi connectivity index (χ3v) is 2.43. The van der Waals surface area contributed by atoms with Crippen LogP contribution in [-0.4, -0.2) is 47.4 Å². The smallest absolute Gasteiger partial charge is 0.323 e. The number of anilines is 2. The second-order valence-electron chi connectivity index (χ2n) is 4.22. The summed E-state index contributed by atoms with van der Waals surface area (Å²) in [7, 11) is 0. The van der Waals surface area contributed by atoms with Crippen LogP contribution < -0.4 is 15.4 Å². The van der Waals surface area contributed by atoms with E-state index in [2.05, 4.69) is 15.0 Å². The Balaban J connectivity index is 2.63. The molecule has 0 fully saturated rings. The molecule has 2 N–H and O–H groups in total.